The molecule has 0 bridgehead atoms. The van der Waals surface area contributed by atoms with E-state index < -0.39 is 5.97 Å². The number of hydrogen-bond donors (Lipinski definition) is 1. The number of allylic oxidation sites excluding steroid dienone is 1. The molecule has 0 aliphatic carbocycles. The zero-order chi connectivity index (χ0) is 22.5. The topological polar surface area (TPSA) is 85.3 Å². The van der Waals surface area contributed by atoms with Crippen LogP contribution in [0, 0.1) is 6.92 Å². The van der Waals surface area contributed by atoms with Crippen LogP contribution in [0.1, 0.15) is 32.9 Å². The molecule has 0 unspecified atom stereocenters. The predicted octanol–water partition coefficient (Wildman–Crippen LogP) is 5.02. The summed E-state index contributed by atoms with van der Waals surface area (Å²) in [6.45, 7) is 2.53. The van der Waals surface area contributed by atoms with Crippen LogP contribution < -0.4 is 0 Å². The first-order chi connectivity index (χ1) is 15.5. The Labute approximate surface area is 185 Å². The third-order valence-electron chi connectivity index (χ3n) is 5.10. The van der Waals surface area contributed by atoms with E-state index in [-0.39, 0.29) is 12.2 Å². The van der Waals surface area contributed by atoms with Gasteiger partial charge in [-0.15, -0.1) is 0 Å². The van der Waals surface area contributed by atoms with Crippen LogP contribution in [0.2, 0.25) is 0 Å². The first kappa shape index (κ1) is 21.1. The number of nitrogens with zero attached hydrogens (tertiary/aromatic N) is 2. The number of rotatable bonds is 8. The second kappa shape index (κ2) is 9.31. The highest BCUT2D eigenvalue weighted by molar-refractivity contribution is 6.08. The summed E-state index contributed by atoms with van der Waals surface area (Å²) in [5.41, 5.74) is 4.49. The van der Waals surface area contributed by atoms with Crippen molar-refractivity contribution >= 4 is 17.8 Å². The summed E-state index contributed by atoms with van der Waals surface area (Å²) in [5, 5.41) is 9.04. The minimum absolute atomic E-state index is 0.0123. The number of ketones is 1. The Morgan fingerprint density at radius 1 is 1.09 bits per heavy atom. The van der Waals surface area contributed by atoms with Crippen LogP contribution in [-0.2, 0) is 17.8 Å². The van der Waals surface area contributed by atoms with Gasteiger partial charge in [0.2, 0.25) is 5.78 Å². The maximum Gasteiger partial charge on any atom is 0.309 e. The normalized spacial score (nSPS) is 11.2. The fourth-order valence-corrected chi connectivity index (χ4v) is 3.49. The highest BCUT2D eigenvalue weighted by Gasteiger charge is 2.14. The molecule has 6 heteroatoms. The van der Waals surface area contributed by atoms with E-state index in [2.05, 4.69) is 4.98 Å². The molecule has 0 atom stereocenters. The monoisotopic (exact) mass is 426 g/mol. The molecule has 2 aromatic heterocycles. The van der Waals surface area contributed by atoms with Crippen molar-refractivity contribution < 1.29 is 19.1 Å². The van der Waals surface area contributed by atoms with Gasteiger partial charge in [-0.05, 0) is 30.7 Å². The van der Waals surface area contributed by atoms with Gasteiger partial charge in [0.15, 0.2) is 12.2 Å². The standard InChI is InChI=1S/C26H22N2O4/c1-18-9-11-20(12-10-18)25(31)23-8-4-14-28(23)13-3-6-19-5-2-7-21(15-19)26-22(16-24(29)30)27-17-32-26/h2-12,14-15,17H,13,16H2,1H3,(H,29,30)/b6-3+. The van der Waals surface area contributed by atoms with E-state index >= 15 is 0 Å². The quantitative estimate of drug-likeness (QED) is 0.400. The maximum absolute atomic E-state index is 12.9. The van der Waals surface area contributed by atoms with Crippen molar-refractivity contribution in [1.29, 1.82) is 0 Å². The van der Waals surface area contributed by atoms with E-state index in [0.717, 1.165) is 16.7 Å². The summed E-state index contributed by atoms with van der Waals surface area (Å²) in [5.74, 6) is -0.514. The Kier molecular flexibility index (Phi) is 6.12. The van der Waals surface area contributed by atoms with Gasteiger partial charge in [0, 0.05) is 23.9 Å². The largest absolute Gasteiger partial charge is 0.481 e. The number of carboxylic acid groups (broad SMARTS) is 1. The molecule has 0 spiro atoms. The molecule has 32 heavy (non-hydrogen) atoms. The average molecular weight is 426 g/mol. The summed E-state index contributed by atoms with van der Waals surface area (Å²) in [4.78, 5) is 27.9. The number of benzene rings is 2. The molecule has 4 aromatic rings. The van der Waals surface area contributed by atoms with Gasteiger partial charge in [-0.2, -0.15) is 0 Å². The Morgan fingerprint density at radius 2 is 1.91 bits per heavy atom. The zero-order valence-electron chi connectivity index (χ0n) is 17.6. The number of carbonyl (C=O) groups excluding carboxylic acids is 1. The molecule has 6 nitrogen and oxygen atoms in total. The summed E-state index contributed by atoms with van der Waals surface area (Å²) in [7, 11) is 0. The van der Waals surface area contributed by atoms with Crippen LogP contribution in [0.4, 0.5) is 0 Å². The maximum atomic E-state index is 12.9. The van der Waals surface area contributed by atoms with Crippen LogP contribution in [0.15, 0.2) is 83.7 Å². The van der Waals surface area contributed by atoms with E-state index in [0.29, 0.717) is 29.3 Å². The number of aromatic nitrogens is 2. The molecule has 2 aromatic carbocycles. The molecule has 0 radical (unpaired) electrons. The second-order valence-corrected chi connectivity index (χ2v) is 7.47. The summed E-state index contributed by atoms with van der Waals surface area (Å²) in [6.07, 6.45) is 6.88. The summed E-state index contributed by atoms with van der Waals surface area (Å²) >= 11 is 0. The van der Waals surface area contributed by atoms with Gasteiger partial charge in [-0.3, -0.25) is 9.59 Å². The summed E-state index contributed by atoms with van der Waals surface area (Å²) < 4.78 is 7.33. The van der Waals surface area contributed by atoms with Gasteiger partial charge in [0.1, 0.15) is 0 Å². The average Bonchev–Trinajstić information content (AvgIpc) is 3.43. The van der Waals surface area contributed by atoms with Gasteiger partial charge < -0.3 is 14.1 Å². The zero-order valence-corrected chi connectivity index (χ0v) is 17.6. The number of aliphatic carboxylic acids is 1. The summed E-state index contributed by atoms with van der Waals surface area (Å²) in [6, 6.07) is 18.8. The van der Waals surface area contributed by atoms with Crippen LogP contribution in [-0.4, -0.2) is 26.4 Å². The number of hydrogen-bond acceptors (Lipinski definition) is 4. The Hall–Kier alpha value is -4.19. The smallest absolute Gasteiger partial charge is 0.309 e. The lowest BCUT2D eigenvalue weighted by molar-refractivity contribution is -0.136. The minimum atomic E-state index is -0.959. The van der Waals surface area contributed by atoms with Crippen molar-refractivity contribution in [3.63, 3.8) is 0 Å². The fraction of sp³-hybridized carbons (Fsp3) is 0.115. The molecule has 0 saturated heterocycles. The van der Waals surface area contributed by atoms with Crippen molar-refractivity contribution in [2.75, 3.05) is 0 Å². The van der Waals surface area contributed by atoms with E-state index in [1.54, 1.807) is 0 Å². The molecular weight excluding hydrogens is 404 g/mol. The minimum Gasteiger partial charge on any atom is -0.481 e. The lowest BCUT2D eigenvalue weighted by atomic mass is 10.1. The predicted molar refractivity (Wildman–Crippen MR) is 121 cm³/mol. The highest BCUT2D eigenvalue weighted by Crippen LogP contribution is 2.25. The van der Waals surface area contributed by atoms with Gasteiger partial charge in [0.25, 0.3) is 0 Å². The fourth-order valence-electron chi connectivity index (χ4n) is 3.49. The number of carboxylic acids is 1. The molecule has 0 saturated carbocycles. The lowest BCUT2D eigenvalue weighted by Gasteiger charge is -2.07. The third kappa shape index (κ3) is 4.75. The first-order valence-corrected chi connectivity index (χ1v) is 10.2. The van der Waals surface area contributed by atoms with Crippen molar-refractivity contribution in [1.82, 2.24) is 9.55 Å². The molecule has 4 rings (SSSR count). The van der Waals surface area contributed by atoms with Crippen LogP contribution in [0.5, 0.6) is 0 Å². The molecule has 1 N–H and O–H groups in total. The molecule has 0 fully saturated rings. The van der Waals surface area contributed by atoms with E-state index in [4.69, 9.17) is 9.52 Å². The Bertz CT molecular complexity index is 1280. The Morgan fingerprint density at radius 3 is 2.69 bits per heavy atom. The first-order valence-electron chi connectivity index (χ1n) is 10.2. The molecular formula is C26H22N2O4. The molecule has 160 valence electrons. The molecule has 2 heterocycles. The van der Waals surface area contributed by atoms with Crippen LogP contribution >= 0.6 is 0 Å². The van der Waals surface area contributed by atoms with Crippen LogP contribution in [0.25, 0.3) is 17.4 Å². The van der Waals surface area contributed by atoms with E-state index in [1.807, 2.05) is 90.5 Å². The van der Waals surface area contributed by atoms with Crippen LogP contribution in [0.3, 0.4) is 0 Å². The van der Waals surface area contributed by atoms with Gasteiger partial charge in [-0.25, -0.2) is 4.98 Å². The van der Waals surface area contributed by atoms with Gasteiger partial charge in [-0.1, -0.05) is 60.2 Å². The highest BCUT2D eigenvalue weighted by atomic mass is 16.4. The number of oxazole rings is 1. The van der Waals surface area contributed by atoms with Crippen molar-refractivity contribution in [3.05, 3.63) is 107 Å². The molecule has 0 amide bonds. The van der Waals surface area contributed by atoms with E-state index in [9.17, 15) is 9.59 Å². The second-order valence-electron chi connectivity index (χ2n) is 7.47. The SMILES string of the molecule is Cc1ccc(C(=O)c2cccn2C/C=C/c2cccc(-c3ocnc3CC(=O)O)c2)cc1. The van der Waals surface area contributed by atoms with Crippen molar-refractivity contribution in [2.45, 2.75) is 19.9 Å². The van der Waals surface area contributed by atoms with Gasteiger partial charge in [0.05, 0.1) is 17.8 Å². The third-order valence-corrected chi connectivity index (χ3v) is 5.10. The van der Waals surface area contributed by atoms with Crippen molar-refractivity contribution in [3.8, 4) is 11.3 Å². The van der Waals surface area contributed by atoms with Crippen molar-refractivity contribution in [2.24, 2.45) is 0 Å². The number of aryl methyl sites for hydroxylation is 1. The number of carbonyl (C=O) groups is 2. The lowest BCUT2D eigenvalue weighted by Crippen LogP contribution is -2.09. The molecule has 0 aliphatic heterocycles. The Balaban J connectivity index is 1.49. The van der Waals surface area contributed by atoms with E-state index in [1.165, 1.54) is 6.39 Å². The van der Waals surface area contributed by atoms with Gasteiger partial charge >= 0.3 is 5.97 Å². The molecule has 0 aliphatic rings.